The Balaban J connectivity index is 1.70. The number of benzene rings is 1. The highest BCUT2D eigenvalue weighted by Crippen LogP contribution is 2.29. The summed E-state index contributed by atoms with van der Waals surface area (Å²) in [6.45, 7) is 0. The molecule has 0 aliphatic rings. The van der Waals surface area contributed by atoms with Crippen molar-refractivity contribution >= 4 is 35.0 Å². The highest BCUT2D eigenvalue weighted by molar-refractivity contribution is 7.99. The maximum absolute atomic E-state index is 12.3. The fourth-order valence-corrected chi connectivity index (χ4v) is 3.20. The van der Waals surface area contributed by atoms with Gasteiger partial charge in [0.05, 0.1) is 4.88 Å². The number of carbonyl (C=O) groups excluding carboxylic acids is 1. The first kappa shape index (κ1) is 16.7. The first-order valence-electron chi connectivity index (χ1n) is 7.03. The summed E-state index contributed by atoms with van der Waals surface area (Å²) in [6, 6.07) is 13.9. The Morgan fingerprint density at radius 2 is 1.92 bits per heavy atom. The summed E-state index contributed by atoms with van der Waals surface area (Å²) >= 11 is 1.89. The molecule has 0 fully saturated rings. The second kappa shape index (κ2) is 7.59. The monoisotopic (exact) mass is 362 g/mol. The maximum Gasteiger partial charge on any atom is 0.288 e. The molecule has 0 atom stereocenters. The summed E-state index contributed by atoms with van der Waals surface area (Å²) in [4.78, 5) is 13.1. The molecule has 0 aliphatic heterocycles. The van der Waals surface area contributed by atoms with Crippen LogP contribution in [0.5, 0.6) is 0 Å². The van der Waals surface area contributed by atoms with Crippen LogP contribution >= 0.6 is 23.1 Å². The van der Waals surface area contributed by atoms with Gasteiger partial charge in [-0.25, -0.2) is 0 Å². The molecule has 0 bridgehead atoms. The highest BCUT2D eigenvalue weighted by Gasteiger charge is 2.08. The van der Waals surface area contributed by atoms with Gasteiger partial charge in [0, 0.05) is 10.5 Å². The van der Waals surface area contributed by atoms with Gasteiger partial charge >= 0.3 is 0 Å². The standard InChI is InChI=1S/C18H12F2O2S2/c19-18(20)24-14-7-3-12(4-8-14)16-10-6-13(22-16)5-9-15(21)17-2-1-11-23-17/h1-11,18H/b9-5+. The largest absolute Gasteiger partial charge is 0.457 e. The van der Waals surface area contributed by atoms with E-state index in [0.717, 1.165) is 5.56 Å². The van der Waals surface area contributed by atoms with E-state index in [1.807, 2.05) is 11.4 Å². The number of ketones is 1. The average Bonchev–Trinajstić information content (AvgIpc) is 3.25. The molecule has 0 saturated heterocycles. The van der Waals surface area contributed by atoms with Gasteiger partial charge in [-0.1, -0.05) is 30.0 Å². The molecule has 2 heterocycles. The fraction of sp³-hybridized carbons (Fsp3) is 0.0556. The Bertz CT molecular complexity index is 834. The molecule has 6 heteroatoms. The Morgan fingerprint density at radius 3 is 2.58 bits per heavy atom. The predicted molar refractivity (Wildman–Crippen MR) is 93.7 cm³/mol. The molecule has 0 saturated carbocycles. The van der Waals surface area contributed by atoms with E-state index in [4.69, 9.17) is 4.42 Å². The van der Waals surface area contributed by atoms with Crippen LogP contribution in [-0.4, -0.2) is 11.5 Å². The highest BCUT2D eigenvalue weighted by atomic mass is 32.2. The third-order valence-electron chi connectivity index (χ3n) is 3.15. The third kappa shape index (κ3) is 4.21. The summed E-state index contributed by atoms with van der Waals surface area (Å²) in [7, 11) is 0. The second-order valence-corrected chi connectivity index (χ2v) is 6.79. The van der Waals surface area contributed by atoms with Crippen LogP contribution in [-0.2, 0) is 0 Å². The maximum atomic E-state index is 12.3. The first-order chi connectivity index (χ1) is 11.6. The lowest BCUT2D eigenvalue weighted by Crippen LogP contribution is -1.88. The van der Waals surface area contributed by atoms with Crippen LogP contribution in [0.4, 0.5) is 8.78 Å². The van der Waals surface area contributed by atoms with Gasteiger partial charge in [0.25, 0.3) is 5.76 Å². The number of hydrogen-bond donors (Lipinski definition) is 0. The van der Waals surface area contributed by atoms with Crippen molar-refractivity contribution in [2.24, 2.45) is 0 Å². The van der Waals surface area contributed by atoms with Gasteiger partial charge in [0.15, 0.2) is 5.78 Å². The van der Waals surface area contributed by atoms with Crippen LogP contribution in [0.25, 0.3) is 17.4 Å². The number of rotatable bonds is 6. The van der Waals surface area contributed by atoms with E-state index in [-0.39, 0.29) is 5.78 Å². The smallest absolute Gasteiger partial charge is 0.288 e. The molecule has 122 valence electrons. The Hall–Kier alpha value is -2.18. The van der Waals surface area contributed by atoms with Crippen molar-refractivity contribution in [2.75, 3.05) is 0 Å². The summed E-state index contributed by atoms with van der Waals surface area (Å²) in [5.41, 5.74) is 0.790. The van der Waals surface area contributed by atoms with Crippen LogP contribution in [0.3, 0.4) is 0 Å². The average molecular weight is 362 g/mol. The molecule has 0 spiro atoms. The van der Waals surface area contributed by atoms with Gasteiger partial charge < -0.3 is 4.42 Å². The van der Waals surface area contributed by atoms with E-state index >= 15 is 0 Å². The number of furan rings is 1. The van der Waals surface area contributed by atoms with Crippen LogP contribution in [0.15, 0.2) is 69.3 Å². The minimum Gasteiger partial charge on any atom is -0.457 e. The van der Waals surface area contributed by atoms with Crippen molar-refractivity contribution in [2.45, 2.75) is 10.7 Å². The van der Waals surface area contributed by atoms with Crippen molar-refractivity contribution in [3.8, 4) is 11.3 Å². The molecule has 24 heavy (non-hydrogen) atoms. The van der Waals surface area contributed by atoms with E-state index in [9.17, 15) is 13.6 Å². The molecular formula is C18H12F2O2S2. The van der Waals surface area contributed by atoms with Crippen LogP contribution in [0.1, 0.15) is 15.4 Å². The Kier molecular flexibility index (Phi) is 5.27. The fourth-order valence-electron chi connectivity index (χ4n) is 2.06. The van der Waals surface area contributed by atoms with E-state index in [1.165, 1.54) is 17.4 Å². The zero-order valence-corrected chi connectivity index (χ0v) is 14.0. The Morgan fingerprint density at radius 1 is 1.12 bits per heavy atom. The predicted octanol–water partition coefficient (Wildman–Crippen LogP) is 6.22. The molecule has 0 radical (unpaired) electrons. The third-order valence-corrected chi connectivity index (χ3v) is 4.76. The number of halogens is 2. The second-order valence-electron chi connectivity index (χ2n) is 4.78. The number of thiophene rings is 1. The number of carbonyl (C=O) groups is 1. The Labute approximate surface area is 145 Å². The lowest BCUT2D eigenvalue weighted by Gasteiger charge is -2.01. The normalized spacial score (nSPS) is 11.5. The summed E-state index contributed by atoms with van der Waals surface area (Å²) in [5.74, 6) is -1.33. The lowest BCUT2D eigenvalue weighted by molar-refractivity contribution is 0.105. The molecule has 3 aromatic rings. The first-order valence-corrected chi connectivity index (χ1v) is 8.79. The van der Waals surface area contributed by atoms with Gasteiger partial charge in [0.2, 0.25) is 0 Å². The molecular weight excluding hydrogens is 350 g/mol. The van der Waals surface area contributed by atoms with Crippen molar-refractivity contribution in [1.29, 1.82) is 0 Å². The van der Waals surface area contributed by atoms with Gasteiger partial charge in [-0.2, -0.15) is 8.78 Å². The van der Waals surface area contributed by atoms with Crippen LogP contribution < -0.4 is 0 Å². The number of alkyl halides is 2. The summed E-state index contributed by atoms with van der Waals surface area (Å²) < 4.78 is 30.3. The molecule has 0 aliphatic carbocycles. The number of thioether (sulfide) groups is 1. The zero-order valence-electron chi connectivity index (χ0n) is 12.3. The molecule has 3 rings (SSSR count). The minimum absolute atomic E-state index is 0.0728. The quantitative estimate of drug-likeness (QED) is 0.296. The van der Waals surface area contributed by atoms with Crippen molar-refractivity contribution in [1.82, 2.24) is 0 Å². The zero-order chi connectivity index (χ0) is 16.9. The number of hydrogen-bond acceptors (Lipinski definition) is 4. The van der Waals surface area contributed by atoms with E-state index < -0.39 is 5.76 Å². The number of allylic oxidation sites excluding steroid dienone is 1. The molecule has 0 unspecified atom stereocenters. The van der Waals surface area contributed by atoms with Gasteiger partial charge in [-0.05, 0) is 47.9 Å². The lowest BCUT2D eigenvalue weighted by atomic mass is 10.2. The van der Waals surface area contributed by atoms with Crippen LogP contribution in [0.2, 0.25) is 0 Å². The van der Waals surface area contributed by atoms with E-state index in [0.29, 0.717) is 33.1 Å². The molecule has 2 aromatic heterocycles. The molecule has 0 amide bonds. The topological polar surface area (TPSA) is 30.2 Å². The van der Waals surface area contributed by atoms with Gasteiger partial charge in [0.1, 0.15) is 11.5 Å². The summed E-state index contributed by atoms with van der Waals surface area (Å²) in [5, 5.41) is 1.85. The van der Waals surface area contributed by atoms with Crippen molar-refractivity contribution < 1.29 is 18.0 Å². The van der Waals surface area contributed by atoms with Crippen molar-refractivity contribution in [3.05, 3.63) is 70.6 Å². The van der Waals surface area contributed by atoms with Crippen LogP contribution in [0, 0.1) is 0 Å². The van der Waals surface area contributed by atoms with Crippen molar-refractivity contribution in [3.63, 3.8) is 0 Å². The SMILES string of the molecule is O=C(/C=C/c1ccc(-c2ccc(SC(F)F)cc2)o1)c1cccs1. The molecule has 0 N–H and O–H groups in total. The molecule has 2 nitrogen and oxygen atoms in total. The summed E-state index contributed by atoms with van der Waals surface area (Å²) in [6.07, 6.45) is 3.09. The van der Waals surface area contributed by atoms with E-state index in [2.05, 4.69) is 0 Å². The molecule has 1 aromatic carbocycles. The minimum atomic E-state index is -2.43. The van der Waals surface area contributed by atoms with Gasteiger partial charge in [-0.15, -0.1) is 11.3 Å². The van der Waals surface area contributed by atoms with Gasteiger partial charge in [-0.3, -0.25) is 4.79 Å². The van der Waals surface area contributed by atoms with E-state index in [1.54, 1.807) is 48.5 Å².